The predicted octanol–water partition coefficient (Wildman–Crippen LogP) is 5.46. The Morgan fingerprint density at radius 3 is 1.48 bits per heavy atom. The van der Waals surface area contributed by atoms with Gasteiger partial charge in [-0.1, -0.05) is 53.7 Å². The molecule has 1 fully saturated rings. The SMILES string of the molecule is CC(C)(C)[Si](C)(C)OCC12C=CC(CO[Si](C)(C)C(C)(C)C)(CC(=O)C1)O2. The number of hydrogen-bond donors (Lipinski definition) is 0. The Kier molecular flexibility index (Phi) is 5.88. The van der Waals surface area contributed by atoms with E-state index in [1.165, 1.54) is 0 Å². The molecular weight excluding hydrogens is 372 g/mol. The Hall–Kier alpha value is -0.276. The van der Waals surface area contributed by atoms with Crippen LogP contribution >= 0.6 is 0 Å². The minimum Gasteiger partial charge on any atom is -0.414 e. The van der Waals surface area contributed by atoms with Crippen molar-refractivity contribution in [3.63, 3.8) is 0 Å². The lowest BCUT2D eigenvalue weighted by Gasteiger charge is -2.44. The molecule has 0 spiro atoms. The maximum atomic E-state index is 12.6. The van der Waals surface area contributed by atoms with E-state index in [-0.39, 0.29) is 15.9 Å². The number of hydrogen-bond acceptors (Lipinski definition) is 4. The van der Waals surface area contributed by atoms with Gasteiger partial charge in [0.15, 0.2) is 16.6 Å². The fraction of sp³-hybridized carbons (Fsp3) is 0.857. The summed E-state index contributed by atoms with van der Waals surface area (Å²) in [6, 6.07) is 0. The van der Waals surface area contributed by atoms with Gasteiger partial charge in [-0.2, -0.15) is 0 Å². The smallest absolute Gasteiger partial charge is 0.192 e. The maximum absolute atomic E-state index is 12.6. The largest absolute Gasteiger partial charge is 0.414 e. The fourth-order valence-corrected chi connectivity index (χ4v) is 5.07. The van der Waals surface area contributed by atoms with E-state index in [0.29, 0.717) is 26.1 Å². The first kappa shape index (κ1) is 23.0. The lowest BCUT2D eigenvalue weighted by atomic mass is 9.91. The number of fused-ring (bicyclic) bond motifs is 2. The van der Waals surface area contributed by atoms with Gasteiger partial charge in [0.25, 0.3) is 0 Å². The molecule has 156 valence electrons. The minimum absolute atomic E-state index is 0.132. The van der Waals surface area contributed by atoms with E-state index in [1.807, 2.05) is 0 Å². The second-order valence-electron chi connectivity index (χ2n) is 11.6. The van der Waals surface area contributed by atoms with Crippen LogP contribution in [0.5, 0.6) is 0 Å². The molecule has 2 atom stereocenters. The molecule has 27 heavy (non-hydrogen) atoms. The highest BCUT2D eigenvalue weighted by molar-refractivity contribution is 6.74. The Labute approximate surface area is 168 Å². The van der Waals surface area contributed by atoms with Gasteiger partial charge >= 0.3 is 0 Å². The van der Waals surface area contributed by atoms with Gasteiger partial charge < -0.3 is 13.6 Å². The van der Waals surface area contributed by atoms with Crippen molar-refractivity contribution < 1.29 is 18.4 Å². The quantitative estimate of drug-likeness (QED) is 0.429. The second kappa shape index (κ2) is 6.90. The average molecular weight is 413 g/mol. The molecule has 6 heteroatoms. The van der Waals surface area contributed by atoms with Crippen LogP contribution in [0.25, 0.3) is 0 Å². The summed E-state index contributed by atoms with van der Waals surface area (Å²) in [6.07, 6.45) is 4.94. The molecule has 2 rings (SSSR count). The van der Waals surface area contributed by atoms with Gasteiger partial charge in [-0.25, -0.2) is 0 Å². The predicted molar refractivity (Wildman–Crippen MR) is 116 cm³/mol. The molecule has 1 saturated heterocycles. The number of ether oxygens (including phenoxy) is 1. The maximum Gasteiger partial charge on any atom is 0.192 e. The second-order valence-corrected chi connectivity index (χ2v) is 21.2. The van der Waals surface area contributed by atoms with Crippen molar-refractivity contribution >= 4 is 22.4 Å². The van der Waals surface area contributed by atoms with Crippen molar-refractivity contribution in [1.29, 1.82) is 0 Å². The number of carbonyl (C=O) groups is 1. The monoisotopic (exact) mass is 412 g/mol. The first-order valence-corrected chi connectivity index (χ1v) is 15.9. The van der Waals surface area contributed by atoms with E-state index < -0.39 is 27.8 Å². The van der Waals surface area contributed by atoms with Gasteiger partial charge in [0, 0.05) is 12.8 Å². The van der Waals surface area contributed by atoms with Crippen LogP contribution < -0.4 is 0 Å². The van der Waals surface area contributed by atoms with Crippen LogP contribution in [0.2, 0.25) is 36.3 Å². The zero-order valence-corrected chi connectivity index (χ0v) is 21.1. The highest BCUT2D eigenvalue weighted by atomic mass is 28.4. The summed E-state index contributed by atoms with van der Waals surface area (Å²) in [7, 11) is -3.81. The average Bonchev–Trinajstić information content (AvgIpc) is 2.74. The molecule has 0 amide bonds. The van der Waals surface area contributed by atoms with Crippen molar-refractivity contribution in [2.24, 2.45) is 0 Å². The van der Waals surface area contributed by atoms with Crippen molar-refractivity contribution in [1.82, 2.24) is 0 Å². The normalized spacial score (nSPS) is 29.5. The Morgan fingerprint density at radius 1 is 0.852 bits per heavy atom. The summed E-state index contributed by atoms with van der Waals surface area (Å²) in [5, 5.41) is 0.264. The molecule has 0 radical (unpaired) electrons. The van der Waals surface area contributed by atoms with Crippen LogP contribution in [0.1, 0.15) is 54.4 Å². The van der Waals surface area contributed by atoms with Crippen molar-refractivity contribution in [3.8, 4) is 0 Å². The van der Waals surface area contributed by atoms with Crippen LogP contribution in [0.4, 0.5) is 0 Å². The highest BCUT2D eigenvalue weighted by Gasteiger charge is 2.53. The fourth-order valence-electron chi connectivity index (χ4n) is 2.99. The van der Waals surface area contributed by atoms with Crippen LogP contribution in [-0.4, -0.2) is 46.8 Å². The standard InChI is InChI=1S/C21H40O4Si2/c1-18(2,3)26(7,8)23-15-20-11-12-21(25-20,14-17(22)13-20)16-24-27(9,10)19(4,5)6/h11-12H,13-16H2,1-10H3. The van der Waals surface area contributed by atoms with E-state index >= 15 is 0 Å². The summed E-state index contributed by atoms with van der Waals surface area (Å²) >= 11 is 0. The minimum atomic E-state index is -1.90. The van der Waals surface area contributed by atoms with Crippen LogP contribution in [0.3, 0.4) is 0 Å². The van der Waals surface area contributed by atoms with E-state index in [1.54, 1.807) is 0 Å². The summed E-state index contributed by atoms with van der Waals surface area (Å²) in [5.74, 6) is 0.240. The lowest BCUT2D eigenvalue weighted by molar-refractivity contribution is -0.167. The molecule has 0 aromatic rings. The van der Waals surface area contributed by atoms with Gasteiger partial charge in [-0.3, -0.25) is 4.79 Å². The van der Waals surface area contributed by atoms with E-state index in [2.05, 4.69) is 79.9 Å². The van der Waals surface area contributed by atoms with Crippen LogP contribution in [-0.2, 0) is 18.4 Å². The molecule has 0 aromatic heterocycles. The zero-order valence-electron chi connectivity index (χ0n) is 19.1. The van der Waals surface area contributed by atoms with Gasteiger partial charge in [0.05, 0.1) is 13.2 Å². The first-order valence-electron chi connectivity index (χ1n) is 10.1. The molecule has 2 heterocycles. The topological polar surface area (TPSA) is 44.8 Å². The van der Waals surface area contributed by atoms with Crippen LogP contribution in [0.15, 0.2) is 12.2 Å². The third-order valence-electron chi connectivity index (χ3n) is 7.06. The molecule has 2 aliphatic rings. The molecule has 0 aromatic carbocycles. The van der Waals surface area contributed by atoms with Gasteiger partial charge in [-0.05, 0) is 36.3 Å². The number of carbonyl (C=O) groups excluding carboxylic acids is 1. The molecule has 4 nitrogen and oxygen atoms in total. The Morgan fingerprint density at radius 2 is 1.19 bits per heavy atom. The molecule has 0 aliphatic carbocycles. The van der Waals surface area contributed by atoms with E-state index in [4.69, 9.17) is 13.6 Å². The number of ketones is 1. The van der Waals surface area contributed by atoms with Gasteiger partial charge in [0.2, 0.25) is 0 Å². The van der Waals surface area contributed by atoms with E-state index in [0.717, 1.165) is 0 Å². The Bertz CT molecular complexity index is 563. The Balaban J connectivity index is 2.11. The first-order chi connectivity index (χ1) is 11.9. The molecule has 0 saturated carbocycles. The number of rotatable bonds is 6. The molecule has 2 unspecified atom stereocenters. The summed E-state index contributed by atoms with van der Waals surface area (Å²) in [4.78, 5) is 12.6. The summed E-state index contributed by atoms with van der Waals surface area (Å²) in [6.45, 7) is 23.2. The summed E-state index contributed by atoms with van der Waals surface area (Å²) in [5.41, 5.74) is -1.25. The van der Waals surface area contributed by atoms with Crippen LogP contribution in [0, 0.1) is 0 Å². The van der Waals surface area contributed by atoms with Crippen molar-refractivity contribution in [3.05, 3.63) is 12.2 Å². The van der Waals surface area contributed by atoms with E-state index in [9.17, 15) is 4.79 Å². The molecule has 2 aliphatic heterocycles. The summed E-state index contributed by atoms with van der Waals surface area (Å²) < 4.78 is 19.4. The lowest BCUT2D eigenvalue weighted by Crippen LogP contribution is -2.54. The van der Waals surface area contributed by atoms with Gasteiger partial charge in [0.1, 0.15) is 17.0 Å². The third kappa shape index (κ3) is 4.83. The van der Waals surface area contributed by atoms with Crippen molar-refractivity contribution in [2.75, 3.05) is 13.2 Å². The molecule has 2 bridgehead atoms. The van der Waals surface area contributed by atoms with Gasteiger partial charge in [-0.15, -0.1) is 0 Å². The van der Waals surface area contributed by atoms with Crippen molar-refractivity contribution in [2.45, 2.75) is 102 Å². The third-order valence-corrected chi connectivity index (χ3v) is 16.0. The highest BCUT2D eigenvalue weighted by Crippen LogP contribution is 2.45. The molecular formula is C21H40O4Si2. The zero-order chi connectivity index (χ0) is 20.9. The molecule has 0 N–H and O–H groups in total. The number of Topliss-reactive ketones (excluding diaryl/α,β-unsaturated/α-hetero) is 1.